The molecule has 0 aromatic heterocycles. The van der Waals surface area contributed by atoms with E-state index in [1.807, 2.05) is 4.90 Å². The molecule has 1 saturated carbocycles. The molecular weight excluding hydrogens is 288 g/mol. The van der Waals surface area contributed by atoms with Crippen LogP contribution in [0.25, 0.3) is 0 Å². The van der Waals surface area contributed by atoms with Crippen LogP contribution < -0.4 is 5.73 Å². The summed E-state index contributed by atoms with van der Waals surface area (Å²) in [6.45, 7) is 6.26. The molecule has 1 saturated heterocycles. The monoisotopic (exact) mass is 318 g/mol. The Morgan fingerprint density at radius 2 is 1.90 bits per heavy atom. The highest BCUT2D eigenvalue weighted by Crippen LogP contribution is 2.33. The summed E-state index contributed by atoms with van der Waals surface area (Å²) < 4.78 is 6.10. The number of nitrogens with zero attached hydrogens (tertiary/aromatic N) is 1. The van der Waals surface area contributed by atoms with Crippen LogP contribution in [0.1, 0.15) is 58.8 Å². The van der Waals surface area contributed by atoms with Crippen LogP contribution >= 0.6 is 12.4 Å². The Hall–Kier alpha value is -0.320. The van der Waals surface area contributed by atoms with Crippen molar-refractivity contribution in [3.05, 3.63) is 0 Å². The van der Waals surface area contributed by atoms with Crippen molar-refractivity contribution in [3.63, 3.8) is 0 Å². The molecular formula is C16H31ClN2O2. The van der Waals surface area contributed by atoms with E-state index in [0.717, 1.165) is 25.8 Å². The largest absolute Gasteiger partial charge is 0.371 e. The molecule has 2 fully saturated rings. The molecule has 1 aliphatic heterocycles. The number of carbonyl (C=O) groups is 1. The van der Waals surface area contributed by atoms with Gasteiger partial charge in [0.1, 0.15) is 0 Å². The third-order valence-corrected chi connectivity index (χ3v) is 5.12. The van der Waals surface area contributed by atoms with Gasteiger partial charge in [0.2, 0.25) is 5.91 Å². The Morgan fingerprint density at radius 3 is 2.48 bits per heavy atom. The van der Waals surface area contributed by atoms with Crippen molar-refractivity contribution in [1.29, 1.82) is 0 Å². The first-order valence-electron chi connectivity index (χ1n) is 8.26. The molecule has 1 amide bonds. The zero-order valence-corrected chi connectivity index (χ0v) is 14.3. The van der Waals surface area contributed by atoms with Crippen molar-refractivity contribution in [3.8, 4) is 0 Å². The van der Waals surface area contributed by atoms with E-state index in [-0.39, 0.29) is 35.9 Å². The van der Waals surface area contributed by atoms with E-state index in [0.29, 0.717) is 13.2 Å². The Bertz CT molecular complexity index is 330. The third-order valence-electron chi connectivity index (χ3n) is 5.12. The molecule has 2 N–H and O–H groups in total. The Kier molecular flexibility index (Phi) is 7.45. The summed E-state index contributed by atoms with van der Waals surface area (Å²) >= 11 is 0. The highest BCUT2D eigenvalue weighted by atomic mass is 35.5. The number of hydrogen-bond donors (Lipinski definition) is 1. The molecule has 21 heavy (non-hydrogen) atoms. The normalized spacial score (nSPS) is 24.8. The van der Waals surface area contributed by atoms with Gasteiger partial charge in [-0.2, -0.15) is 0 Å². The van der Waals surface area contributed by atoms with Gasteiger partial charge in [-0.3, -0.25) is 4.79 Å². The molecule has 1 aliphatic carbocycles. The van der Waals surface area contributed by atoms with Gasteiger partial charge >= 0.3 is 0 Å². The first-order valence-corrected chi connectivity index (χ1v) is 8.26. The maximum atomic E-state index is 12.6. The van der Waals surface area contributed by atoms with Crippen LogP contribution in [0.4, 0.5) is 0 Å². The zero-order valence-electron chi connectivity index (χ0n) is 13.5. The van der Waals surface area contributed by atoms with Gasteiger partial charge in [-0.25, -0.2) is 0 Å². The van der Waals surface area contributed by atoms with Crippen molar-refractivity contribution in [2.24, 2.45) is 11.7 Å². The summed E-state index contributed by atoms with van der Waals surface area (Å²) in [6.07, 6.45) is 8.17. The highest BCUT2D eigenvalue weighted by molar-refractivity contribution is 5.85. The third kappa shape index (κ3) is 4.57. The zero-order chi connectivity index (χ0) is 14.6. The summed E-state index contributed by atoms with van der Waals surface area (Å²) in [5.41, 5.74) is 6.04. The second-order valence-corrected chi connectivity index (χ2v) is 6.62. The van der Waals surface area contributed by atoms with Gasteiger partial charge < -0.3 is 15.4 Å². The predicted molar refractivity (Wildman–Crippen MR) is 87.6 cm³/mol. The number of carbonyl (C=O) groups excluding carboxylic acids is 1. The molecule has 124 valence electrons. The molecule has 2 atom stereocenters. The van der Waals surface area contributed by atoms with E-state index >= 15 is 0 Å². The Balaban J connectivity index is 0.00000220. The van der Waals surface area contributed by atoms with Crippen molar-refractivity contribution in [2.75, 3.05) is 19.7 Å². The van der Waals surface area contributed by atoms with E-state index in [1.165, 1.54) is 25.7 Å². The minimum Gasteiger partial charge on any atom is -0.371 e. The summed E-state index contributed by atoms with van der Waals surface area (Å²) in [5, 5.41) is 0. The van der Waals surface area contributed by atoms with Gasteiger partial charge in [0.15, 0.2) is 0 Å². The predicted octanol–water partition coefficient (Wildman–Crippen LogP) is 2.73. The maximum Gasteiger partial charge on any atom is 0.239 e. The Morgan fingerprint density at radius 1 is 1.29 bits per heavy atom. The van der Waals surface area contributed by atoms with E-state index in [2.05, 4.69) is 13.8 Å². The summed E-state index contributed by atoms with van der Waals surface area (Å²) in [6, 6.07) is -0.360. The average Bonchev–Trinajstić information content (AvgIpc) is 2.70. The van der Waals surface area contributed by atoms with Gasteiger partial charge in [0.05, 0.1) is 18.2 Å². The molecule has 0 bridgehead atoms. The van der Waals surface area contributed by atoms with Crippen LogP contribution in [0.15, 0.2) is 0 Å². The maximum absolute atomic E-state index is 12.6. The molecule has 1 spiro atoms. The highest BCUT2D eigenvalue weighted by Gasteiger charge is 2.39. The van der Waals surface area contributed by atoms with Crippen LogP contribution in [0.2, 0.25) is 0 Å². The van der Waals surface area contributed by atoms with Crippen LogP contribution in [-0.4, -0.2) is 42.1 Å². The fraction of sp³-hybridized carbons (Fsp3) is 0.938. The van der Waals surface area contributed by atoms with E-state index in [4.69, 9.17) is 10.5 Å². The van der Waals surface area contributed by atoms with Gasteiger partial charge in [-0.15, -0.1) is 12.4 Å². The SMILES string of the molecule is CCC(C)C(N)C(=O)N1CCOC2(CCCCCC2)C1.Cl. The number of hydrogen-bond acceptors (Lipinski definition) is 3. The molecule has 0 radical (unpaired) electrons. The molecule has 0 aromatic rings. The van der Waals surface area contributed by atoms with E-state index in [9.17, 15) is 4.79 Å². The summed E-state index contributed by atoms with van der Waals surface area (Å²) in [4.78, 5) is 14.5. The molecule has 4 nitrogen and oxygen atoms in total. The number of morpholine rings is 1. The lowest BCUT2D eigenvalue weighted by Gasteiger charge is -2.43. The quantitative estimate of drug-likeness (QED) is 0.870. The fourth-order valence-electron chi connectivity index (χ4n) is 3.42. The smallest absolute Gasteiger partial charge is 0.239 e. The summed E-state index contributed by atoms with van der Waals surface area (Å²) in [5.74, 6) is 0.363. The second kappa shape index (κ2) is 8.35. The number of rotatable bonds is 3. The van der Waals surface area contributed by atoms with Gasteiger partial charge in [-0.1, -0.05) is 46.0 Å². The summed E-state index contributed by atoms with van der Waals surface area (Å²) in [7, 11) is 0. The van der Waals surface area contributed by atoms with E-state index in [1.54, 1.807) is 0 Å². The number of halogens is 1. The van der Waals surface area contributed by atoms with Crippen molar-refractivity contribution >= 4 is 18.3 Å². The van der Waals surface area contributed by atoms with E-state index < -0.39 is 0 Å². The minimum atomic E-state index is -0.360. The van der Waals surface area contributed by atoms with Crippen molar-refractivity contribution in [2.45, 2.75) is 70.4 Å². The first-order chi connectivity index (χ1) is 9.58. The first kappa shape index (κ1) is 18.7. The molecule has 1 heterocycles. The second-order valence-electron chi connectivity index (χ2n) is 6.62. The Labute approximate surface area is 135 Å². The molecule has 2 rings (SSSR count). The minimum absolute atomic E-state index is 0. The topological polar surface area (TPSA) is 55.6 Å². The van der Waals surface area contributed by atoms with Gasteiger partial charge in [-0.05, 0) is 18.8 Å². The molecule has 5 heteroatoms. The lowest BCUT2D eigenvalue weighted by molar-refractivity contribution is -0.155. The van der Waals surface area contributed by atoms with Crippen LogP contribution in [0, 0.1) is 5.92 Å². The van der Waals surface area contributed by atoms with Crippen LogP contribution in [-0.2, 0) is 9.53 Å². The molecule has 0 aromatic carbocycles. The lowest BCUT2D eigenvalue weighted by Crippen LogP contribution is -2.57. The van der Waals surface area contributed by atoms with Crippen LogP contribution in [0.3, 0.4) is 0 Å². The number of ether oxygens (including phenoxy) is 1. The average molecular weight is 319 g/mol. The van der Waals surface area contributed by atoms with Crippen LogP contribution in [0.5, 0.6) is 0 Å². The van der Waals surface area contributed by atoms with Gasteiger partial charge in [0.25, 0.3) is 0 Å². The number of nitrogens with two attached hydrogens (primary N) is 1. The number of amides is 1. The lowest BCUT2D eigenvalue weighted by atomic mass is 9.91. The fourth-order valence-corrected chi connectivity index (χ4v) is 3.42. The standard InChI is InChI=1S/C16H30N2O2.ClH/c1-3-13(2)14(17)15(19)18-10-11-20-16(12-18)8-6-4-5-7-9-16;/h13-14H,3-12,17H2,1-2H3;1H. The van der Waals surface area contributed by atoms with Crippen molar-refractivity contribution < 1.29 is 9.53 Å². The molecule has 2 aliphatic rings. The molecule has 2 unspecified atom stereocenters. The van der Waals surface area contributed by atoms with Gasteiger partial charge in [0, 0.05) is 13.1 Å². The van der Waals surface area contributed by atoms with Crippen molar-refractivity contribution in [1.82, 2.24) is 4.90 Å².